The molecule has 2 heterocycles. The lowest BCUT2D eigenvalue weighted by atomic mass is 9.48. The number of aromatic nitrogens is 4. The van der Waals surface area contributed by atoms with Crippen LogP contribution in [-0.4, -0.2) is 19.5 Å². The summed E-state index contributed by atoms with van der Waals surface area (Å²) in [6.07, 6.45) is 8.41. The van der Waals surface area contributed by atoms with Crippen LogP contribution in [0.5, 0.6) is 0 Å². The number of nitrogens with zero attached hydrogens (tertiary/aromatic N) is 5. The SMILES string of the molecule is N#Cc1ccc2c3ccc(-c4nc(-c5ccccc5)nc(-c5ccc(C67C[C@H]8C[C@H](C6)C[C@@H](C7)C8)cc5)n4)cc3n(-c3ccccc3)c2c1. The van der Waals surface area contributed by atoms with Crippen molar-refractivity contribution in [3.05, 3.63) is 132 Å². The van der Waals surface area contributed by atoms with E-state index in [-0.39, 0.29) is 0 Å². The Hall–Kier alpha value is -5.60. The minimum atomic E-state index is 0.355. The molecule has 0 N–H and O–H groups in total. The molecule has 49 heavy (non-hydrogen) atoms. The van der Waals surface area contributed by atoms with E-state index in [4.69, 9.17) is 15.0 Å². The maximum absolute atomic E-state index is 9.72. The summed E-state index contributed by atoms with van der Waals surface area (Å²) in [5.41, 5.74) is 8.46. The average Bonchev–Trinajstić information content (AvgIpc) is 3.47. The zero-order valence-corrected chi connectivity index (χ0v) is 27.3. The van der Waals surface area contributed by atoms with E-state index in [0.29, 0.717) is 28.5 Å². The van der Waals surface area contributed by atoms with Crippen molar-refractivity contribution in [1.82, 2.24) is 19.5 Å². The minimum Gasteiger partial charge on any atom is -0.309 e. The molecule has 4 aliphatic rings. The molecule has 4 bridgehead atoms. The molecule has 5 nitrogen and oxygen atoms in total. The number of hydrogen-bond acceptors (Lipinski definition) is 4. The largest absolute Gasteiger partial charge is 0.309 e. The predicted octanol–water partition coefficient (Wildman–Crippen LogP) is 10.3. The fourth-order valence-electron chi connectivity index (χ4n) is 9.87. The van der Waals surface area contributed by atoms with Gasteiger partial charge in [0.05, 0.1) is 22.7 Å². The number of nitriles is 1. The van der Waals surface area contributed by atoms with Gasteiger partial charge in [-0.2, -0.15) is 5.26 Å². The van der Waals surface area contributed by atoms with E-state index in [9.17, 15) is 5.26 Å². The van der Waals surface area contributed by atoms with Crippen LogP contribution in [0.15, 0.2) is 121 Å². The molecule has 4 fully saturated rings. The Morgan fingerprint density at radius 1 is 0.551 bits per heavy atom. The molecule has 0 amide bonds. The van der Waals surface area contributed by atoms with E-state index in [0.717, 1.165) is 61.9 Å². The summed E-state index contributed by atoms with van der Waals surface area (Å²) in [6.45, 7) is 0. The van der Waals surface area contributed by atoms with Gasteiger partial charge in [0, 0.05) is 33.2 Å². The van der Waals surface area contributed by atoms with Crippen molar-refractivity contribution in [2.45, 2.75) is 43.9 Å². The van der Waals surface area contributed by atoms with Crippen LogP contribution in [0.2, 0.25) is 0 Å². The van der Waals surface area contributed by atoms with Crippen LogP contribution in [0.1, 0.15) is 49.7 Å². The fraction of sp³-hybridized carbons (Fsp3) is 0.227. The summed E-state index contributed by atoms with van der Waals surface area (Å²) >= 11 is 0. The number of fused-ring (bicyclic) bond motifs is 3. The van der Waals surface area contributed by atoms with Gasteiger partial charge in [-0.1, -0.05) is 91.0 Å². The van der Waals surface area contributed by atoms with Gasteiger partial charge in [-0.3, -0.25) is 0 Å². The summed E-state index contributed by atoms with van der Waals surface area (Å²) in [5.74, 6) is 4.72. The van der Waals surface area contributed by atoms with Gasteiger partial charge in [0.2, 0.25) is 0 Å². The highest BCUT2D eigenvalue weighted by atomic mass is 15.0. The monoisotopic (exact) mass is 633 g/mol. The van der Waals surface area contributed by atoms with Crippen LogP contribution in [0.4, 0.5) is 0 Å². The van der Waals surface area contributed by atoms with E-state index < -0.39 is 0 Å². The number of benzene rings is 5. The topological polar surface area (TPSA) is 67.4 Å². The molecule has 5 heteroatoms. The smallest absolute Gasteiger partial charge is 0.164 e. The molecule has 4 aliphatic carbocycles. The summed E-state index contributed by atoms with van der Waals surface area (Å²) in [5, 5.41) is 11.9. The Labute approximate surface area is 285 Å². The van der Waals surface area contributed by atoms with Gasteiger partial charge in [0.15, 0.2) is 17.5 Å². The van der Waals surface area contributed by atoms with E-state index in [1.165, 1.54) is 44.1 Å². The normalized spacial score (nSPS) is 22.5. The van der Waals surface area contributed by atoms with Crippen LogP contribution < -0.4 is 0 Å². The van der Waals surface area contributed by atoms with Crippen molar-refractivity contribution < 1.29 is 0 Å². The number of rotatable bonds is 5. The zero-order chi connectivity index (χ0) is 32.5. The molecule has 7 aromatic rings. The van der Waals surface area contributed by atoms with Gasteiger partial charge in [-0.25, -0.2) is 15.0 Å². The second-order valence-electron chi connectivity index (χ2n) is 14.7. The van der Waals surface area contributed by atoms with Crippen molar-refractivity contribution in [1.29, 1.82) is 5.26 Å². The molecule has 0 unspecified atom stereocenters. The predicted molar refractivity (Wildman–Crippen MR) is 195 cm³/mol. The highest BCUT2D eigenvalue weighted by molar-refractivity contribution is 6.10. The van der Waals surface area contributed by atoms with Crippen molar-refractivity contribution in [2.75, 3.05) is 0 Å². The van der Waals surface area contributed by atoms with Crippen LogP contribution in [0.3, 0.4) is 0 Å². The van der Waals surface area contributed by atoms with Gasteiger partial charge in [0.1, 0.15) is 0 Å². The summed E-state index contributed by atoms with van der Waals surface area (Å²) in [6, 6.07) is 44.4. The third-order valence-electron chi connectivity index (χ3n) is 11.6. The van der Waals surface area contributed by atoms with Gasteiger partial charge >= 0.3 is 0 Å². The Bertz CT molecular complexity index is 2380. The highest BCUT2D eigenvalue weighted by Gasteiger charge is 2.51. The first-order valence-corrected chi connectivity index (χ1v) is 17.6. The van der Waals surface area contributed by atoms with Crippen LogP contribution in [0, 0.1) is 29.1 Å². The van der Waals surface area contributed by atoms with Gasteiger partial charge in [0.25, 0.3) is 0 Å². The third kappa shape index (κ3) is 4.70. The van der Waals surface area contributed by atoms with E-state index >= 15 is 0 Å². The molecule has 0 aliphatic heterocycles. The quantitative estimate of drug-likeness (QED) is 0.189. The van der Waals surface area contributed by atoms with Crippen LogP contribution >= 0.6 is 0 Å². The first-order chi connectivity index (χ1) is 24.1. The lowest BCUT2D eigenvalue weighted by molar-refractivity contribution is -0.00518. The van der Waals surface area contributed by atoms with Gasteiger partial charge < -0.3 is 4.57 Å². The highest BCUT2D eigenvalue weighted by Crippen LogP contribution is 2.60. The minimum absolute atomic E-state index is 0.355. The molecular weight excluding hydrogens is 599 g/mol. The van der Waals surface area contributed by atoms with Gasteiger partial charge in [-0.05, 0) is 97.6 Å². The summed E-state index contributed by atoms with van der Waals surface area (Å²) < 4.78 is 2.23. The van der Waals surface area contributed by atoms with E-state index in [1.54, 1.807) is 0 Å². The average molecular weight is 634 g/mol. The van der Waals surface area contributed by atoms with Gasteiger partial charge in [-0.15, -0.1) is 0 Å². The molecule has 11 rings (SSSR count). The lowest BCUT2D eigenvalue weighted by Gasteiger charge is -2.57. The molecule has 0 saturated heterocycles. The number of hydrogen-bond donors (Lipinski definition) is 0. The maximum Gasteiger partial charge on any atom is 0.164 e. The molecule has 0 spiro atoms. The maximum atomic E-state index is 9.72. The molecule has 236 valence electrons. The van der Waals surface area contributed by atoms with Crippen molar-refractivity contribution in [3.63, 3.8) is 0 Å². The Kier molecular flexibility index (Phi) is 6.36. The Morgan fingerprint density at radius 2 is 1.06 bits per heavy atom. The van der Waals surface area contributed by atoms with E-state index in [1.807, 2.05) is 48.5 Å². The first-order valence-electron chi connectivity index (χ1n) is 17.6. The van der Waals surface area contributed by atoms with E-state index in [2.05, 4.69) is 83.4 Å². The molecule has 4 saturated carbocycles. The summed E-state index contributed by atoms with van der Waals surface area (Å²) in [4.78, 5) is 15.2. The Morgan fingerprint density at radius 3 is 1.67 bits per heavy atom. The summed E-state index contributed by atoms with van der Waals surface area (Å²) in [7, 11) is 0. The van der Waals surface area contributed by atoms with Crippen molar-refractivity contribution in [2.24, 2.45) is 17.8 Å². The van der Waals surface area contributed by atoms with Crippen molar-refractivity contribution in [3.8, 4) is 45.9 Å². The molecule has 0 atom stereocenters. The lowest BCUT2D eigenvalue weighted by Crippen LogP contribution is -2.48. The number of para-hydroxylation sites is 1. The van der Waals surface area contributed by atoms with Crippen molar-refractivity contribution >= 4 is 21.8 Å². The second-order valence-corrected chi connectivity index (χ2v) is 14.7. The fourth-order valence-corrected chi connectivity index (χ4v) is 9.87. The standard InChI is InChI=1S/C44H35N5/c45-27-28-11-17-37-38-18-14-34(23-40(38)49(39(37)22-28)36-9-5-2-6-10-36)43-47-41(32-7-3-1-4-8-32)46-42(48-43)33-12-15-35(16-13-33)44-24-29-19-30(25-44)21-31(20-29)26-44/h1-18,22-23,29-31H,19-21,24-26H2/t29-,30-,31-,44?. The second kappa shape index (κ2) is 11.0. The Balaban J connectivity index is 1.11. The third-order valence-corrected chi connectivity index (χ3v) is 11.6. The first kappa shape index (κ1) is 28.4. The molecular formula is C44H35N5. The van der Waals surface area contributed by atoms with Crippen LogP contribution in [0.25, 0.3) is 61.7 Å². The molecule has 5 aromatic carbocycles. The van der Waals surface area contributed by atoms with Crippen LogP contribution in [-0.2, 0) is 5.41 Å². The molecule has 0 radical (unpaired) electrons. The molecule has 2 aromatic heterocycles. The zero-order valence-electron chi connectivity index (χ0n) is 27.3.